The van der Waals surface area contributed by atoms with E-state index in [0.29, 0.717) is 5.92 Å². The van der Waals surface area contributed by atoms with E-state index in [1.807, 2.05) is 19.5 Å². The van der Waals surface area contributed by atoms with Crippen LogP contribution in [-0.2, 0) is 11.3 Å². The molecule has 2 N–H and O–H groups in total. The first-order valence-corrected chi connectivity index (χ1v) is 10.1. The quantitative estimate of drug-likeness (QED) is 0.622. The van der Waals surface area contributed by atoms with E-state index in [4.69, 9.17) is 4.74 Å². The molecule has 2 atom stereocenters. The maximum Gasteiger partial charge on any atom is 0.191 e. The van der Waals surface area contributed by atoms with Crippen LogP contribution in [0.2, 0.25) is 0 Å². The minimum absolute atomic E-state index is 0.152. The highest BCUT2D eigenvalue weighted by Gasteiger charge is 2.27. The number of nitrogens with zero attached hydrogens (tertiary/aromatic N) is 2. The third-order valence-electron chi connectivity index (χ3n) is 4.87. The third kappa shape index (κ3) is 4.83. The standard InChI is InChI=1S/C20H28N4OS/c1-14-6-8-16(9-7-14)19-17(5-4-10-25-19)11-22-20(21-3)23-12-18-15(2)24-13-26-18/h6-9,13,17,19H,4-5,10-12H2,1-3H3,(H2,21,22,23). The molecule has 6 heteroatoms. The van der Waals surface area contributed by atoms with Crippen molar-refractivity contribution in [3.8, 4) is 0 Å². The smallest absolute Gasteiger partial charge is 0.191 e. The molecule has 1 aromatic heterocycles. The summed E-state index contributed by atoms with van der Waals surface area (Å²) in [7, 11) is 1.81. The number of aryl methyl sites for hydroxylation is 2. The zero-order valence-electron chi connectivity index (χ0n) is 15.8. The van der Waals surface area contributed by atoms with Gasteiger partial charge in [0.05, 0.1) is 23.9 Å². The van der Waals surface area contributed by atoms with Crippen LogP contribution in [0.5, 0.6) is 0 Å². The van der Waals surface area contributed by atoms with Crippen LogP contribution in [0, 0.1) is 19.8 Å². The Morgan fingerprint density at radius 3 is 2.77 bits per heavy atom. The summed E-state index contributed by atoms with van der Waals surface area (Å²) in [6, 6.07) is 8.71. The van der Waals surface area contributed by atoms with Crippen molar-refractivity contribution in [3.63, 3.8) is 0 Å². The first kappa shape index (κ1) is 18.9. The largest absolute Gasteiger partial charge is 0.373 e. The number of hydrogen-bond donors (Lipinski definition) is 2. The van der Waals surface area contributed by atoms with Crippen molar-refractivity contribution >= 4 is 17.3 Å². The van der Waals surface area contributed by atoms with E-state index in [9.17, 15) is 0 Å². The van der Waals surface area contributed by atoms with Crippen LogP contribution in [0.25, 0.3) is 0 Å². The van der Waals surface area contributed by atoms with E-state index < -0.39 is 0 Å². The molecule has 0 radical (unpaired) electrons. The molecule has 0 saturated carbocycles. The van der Waals surface area contributed by atoms with Gasteiger partial charge in [0.15, 0.2) is 5.96 Å². The molecule has 2 aromatic rings. The molecule has 1 aromatic carbocycles. The van der Waals surface area contributed by atoms with Crippen molar-refractivity contribution < 1.29 is 4.74 Å². The van der Waals surface area contributed by atoms with Crippen LogP contribution in [0.4, 0.5) is 0 Å². The van der Waals surface area contributed by atoms with Gasteiger partial charge in [0.2, 0.25) is 0 Å². The second-order valence-corrected chi connectivity index (χ2v) is 7.71. The molecular formula is C20H28N4OS. The highest BCUT2D eigenvalue weighted by molar-refractivity contribution is 7.09. The van der Waals surface area contributed by atoms with E-state index in [0.717, 1.165) is 44.2 Å². The Bertz CT molecular complexity index is 726. The predicted octanol–water partition coefficient (Wildman–Crippen LogP) is 3.59. The molecule has 0 amide bonds. The molecule has 140 valence electrons. The number of hydrogen-bond acceptors (Lipinski definition) is 4. The number of nitrogens with one attached hydrogen (secondary N) is 2. The Balaban J connectivity index is 1.57. The van der Waals surface area contributed by atoms with E-state index in [1.165, 1.54) is 16.0 Å². The van der Waals surface area contributed by atoms with Gasteiger partial charge in [-0.25, -0.2) is 4.98 Å². The summed E-state index contributed by atoms with van der Waals surface area (Å²) in [5, 5.41) is 6.86. The lowest BCUT2D eigenvalue weighted by Crippen LogP contribution is -2.41. The van der Waals surface area contributed by atoms with E-state index in [-0.39, 0.29) is 6.10 Å². The number of aromatic nitrogens is 1. The summed E-state index contributed by atoms with van der Waals surface area (Å²) in [4.78, 5) is 9.88. The number of thiazole rings is 1. The molecule has 1 fully saturated rings. The SMILES string of the molecule is CN=C(NCc1scnc1C)NCC1CCCOC1c1ccc(C)cc1. The van der Waals surface area contributed by atoms with E-state index in [1.54, 1.807) is 11.3 Å². The summed E-state index contributed by atoms with van der Waals surface area (Å²) < 4.78 is 6.11. The number of aliphatic imine (C=N–C) groups is 1. The lowest BCUT2D eigenvalue weighted by Gasteiger charge is -2.32. The van der Waals surface area contributed by atoms with Crippen LogP contribution >= 0.6 is 11.3 Å². The summed E-state index contributed by atoms with van der Waals surface area (Å²) in [6.45, 7) is 6.59. The van der Waals surface area contributed by atoms with Crippen LogP contribution in [0.3, 0.4) is 0 Å². The predicted molar refractivity (Wildman–Crippen MR) is 108 cm³/mol. The Morgan fingerprint density at radius 1 is 1.27 bits per heavy atom. The van der Waals surface area contributed by atoms with Gasteiger partial charge >= 0.3 is 0 Å². The van der Waals surface area contributed by atoms with Crippen LogP contribution in [0.15, 0.2) is 34.8 Å². The zero-order chi connectivity index (χ0) is 18.4. The third-order valence-corrected chi connectivity index (χ3v) is 5.80. The normalized spacial score (nSPS) is 20.8. The fourth-order valence-electron chi connectivity index (χ4n) is 3.29. The number of benzene rings is 1. The lowest BCUT2D eigenvalue weighted by molar-refractivity contribution is -0.0265. The van der Waals surface area contributed by atoms with Crippen LogP contribution in [-0.4, -0.2) is 31.1 Å². The van der Waals surface area contributed by atoms with Crippen LogP contribution < -0.4 is 10.6 Å². The van der Waals surface area contributed by atoms with Crippen molar-refractivity contribution in [3.05, 3.63) is 51.5 Å². The van der Waals surface area contributed by atoms with Crippen molar-refractivity contribution in [2.45, 2.75) is 39.3 Å². The van der Waals surface area contributed by atoms with Gasteiger partial charge in [0.25, 0.3) is 0 Å². The summed E-state index contributed by atoms with van der Waals surface area (Å²) in [6.07, 6.45) is 2.43. The highest BCUT2D eigenvalue weighted by Crippen LogP contribution is 2.33. The minimum Gasteiger partial charge on any atom is -0.373 e. The minimum atomic E-state index is 0.152. The Hall–Kier alpha value is -1.92. The van der Waals surface area contributed by atoms with Gasteiger partial charge in [-0.2, -0.15) is 0 Å². The zero-order valence-corrected chi connectivity index (χ0v) is 16.6. The second kappa shape index (κ2) is 9.14. The van der Waals surface area contributed by atoms with Gasteiger partial charge in [-0.15, -0.1) is 11.3 Å². The molecule has 0 aliphatic carbocycles. The summed E-state index contributed by atoms with van der Waals surface area (Å²) >= 11 is 1.67. The molecule has 5 nitrogen and oxygen atoms in total. The Morgan fingerprint density at radius 2 is 2.08 bits per heavy atom. The molecule has 1 aliphatic rings. The van der Waals surface area contributed by atoms with Crippen molar-refractivity contribution in [2.75, 3.05) is 20.2 Å². The molecule has 1 saturated heterocycles. The highest BCUT2D eigenvalue weighted by atomic mass is 32.1. The molecule has 2 unspecified atom stereocenters. The van der Waals surface area contributed by atoms with Crippen LogP contribution in [0.1, 0.15) is 40.6 Å². The van der Waals surface area contributed by atoms with Gasteiger partial charge < -0.3 is 15.4 Å². The lowest BCUT2D eigenvalue weighted by atomic mass is 9.89. The molecule has 0 bridgehead atoms. The first-order valence-electron chi connectivity index (χ1n) is 9.19. The topological polar surface area (TPSA) is 58.5 Å². The molecule has 1 aliphatic heterocycles. The fraction of sp³-hybridized carbons (Fsp3) is 0.500. The monoisotopic (exact) mass is 372 g/mol. The summed E-state index contributed by atoms with van der Waals surface area (Å²) in [5.41, 5.74) is 5.51. The fourth-order valence-corrected chi connectivity index (χ4v) is 4.00. The van der Waals surface area contributed by atoms with Crippen molar-refractivity contribution in [2.24, 2.45) is 10.9 Å². The number of rotatable bonds is 5. The Labute approximate surface area is 159 Å². The average Bonchev–Trinajstić information content (AvgIpc) is 3.08. The number of guanidine groups is 1. The van der Waals surface area contributed by atoms with Gasteiger partial charge in [-0.3, -0.25) is 4.99 Å². The molecule has 26 heavy (non-hydrogen) atoms. The average molecular weight is 373 g/mol. The number of ether oxygens (including phenoxy) is 1. The second-order valence-electron chi connectivity index (χ2n) is 6.77. The maximum absolute atomic E-state index is 6.11. The molecule has 0 spiro atoms. The van der Waals surface area contributed by atoms with Gasteiger partial charge in [-0.05, 0) is 32.3 Å². The van der Waals surface area contributed by atoms with E-state index in [2.05, 4.69) is 51.8 Å². The summed E-state index contributed by atoms with van der Waals surface area (Å²) in [5.74, 6) is 1.26. The van der Waals surface area contributed by atoms with Crippen molar-refractivity contribution in [1.82, 2.24) is 15.6 Å². The van der Waals surface area contributed by atoms with Gasteiger partial charge in [0.1, 0.15) is 0 Å². The Kier molecular flexibility index (Phi) is 6.63. The van der Waals surface area contributed by atoms with E-state index >= 15 is 0 Å². The van der Waals surface area contributed by atoms with Crippen molar-refractivity contribution in [1.29, 1.82) is 0 Å². The van der Waals surface area contributed by atoms with Gasteiger partial charge in [-0.1, -0.05) is 29.8 Å². The first-order chi connectivity index (χ1) is 12.7. The van der Waals surface area contributed by atoms with Gasteiger partial charge in [0, 0.05) is 31.0 Å². The maximum atomic E-state index is 6.11. The molecule has 2 heterocycles. The molecule has 3 rings (SSSR count). The molecular weight excluding hydrogens is 344 g/mol.